The summed E-state index contributed by atoms with van der Waals surface area (Å²) in [5.41, 5.74) is 0. The topological polar surface area (TPSA) is 71.4 Å². The van der Waals surface area contributed by atoms with Gasteiger partial charge in [-0.15, -0.1) is 0 Å². The largest absolute Gasteiger partial charge is 0.302 e. The van der Waals surface area contributed by atoms with Gasteiger partial charge in [-0.05, 0) is 26.0 Å². The fourth-order valence-corrected chi connectivity index (χ4v) is 3.21. The highest BCUT2D eigenvalue weighted by Crippen LogP contribution is 2.22. The van der Waals surface area contributed by atoms with Crippen LogP contribution < -0.4 is 0 Å². The van der Waals surface area contributed by atoms with Crippen molar-refractivity contribution in [2.75, 3.05) is 0 Å². The summed E-state index contributed by atoms with van der Waals surface area (Å²) in [6.45, 7) is 3.07. The first kappa shape index (κ1) is 12.4. The standard InChI is InChI=1S/C9H12O4S2/c1-7(2)15(12,13)9-6-4-3-5-8(9)14(10)11/h3-7H,1-2H3,(H,10,11). The van der Waals surface area contributed by atoms with Crippen molar-refractivity contribution >= 4 is 20.9 Å². The van der Waals surface area contributed by atoms with E-state index in [1.54, 1.807) is 0 Å². The molecule has 1 N–H and O–H groups in total. The Morgan fingerprint density at radius 1 is 1.27 bits per heavy atom. The smallest absolute Gasteiger partial charge is 0.187 e. The highest BCUT2D eigenvalue weighted by Gasteiger charge is 2.24. The van der Waals surface area contributed by atoms with Crippen molar-refractivity contribution in [2.45, 2.75) is 28.9 Å². The number of hydrogen-bond donors (Lipinski definition) is 1. The fourth-order valence-electron chi connectivity index (χ4n) is 1.08. The second-order valence-electron chi connectivity index (χ2n) is 3.29. The molecule has 0 saturated carbocycles. The number of sulfone groups is 1. The van der Waals surface area contributed by atoms with Crippen LogP contribution in [-0.4, -0.2) is 22.4 Å². The van der Waals surface area contributed by atoms with Crippen molar-refractivity contribution in [2.24, 2.45) is 0 Å². The third kappa shape index (κ3) is 2.45. The van der Waals surface area contributed by atoms with E-state index in [1.807, 2.05) is 0 Å². The minimum atomic E-state index is -3.51. The lowest BCUT2D eigenvalue weighted by Crippen LogP contribution is -2.16. The third-order valence-electron chi connectivity index (χ3n) is 1.96. The maximum atomic E-state index is 11.8. The maximum Gasteiger partial charge on any atom is 0.187 e. The summed E-state index contributed by atoms with van der Waals surface area (Å²) in [6, 6.07) is 5.75. The van der Waals surface area contributed by atoms with Gasteiger partial charge >= 0.3 is 0 Å². The molecular weight excluding hydrogens is 236 g/mol. The molecule has 1 atom stereocenters. The molecule has 0 fully saturated rings. The summed E-state index contributed by atoms with van der Waals surface area (Å²) >= 11 is -2.28. The average Bonchev–Trinajstić information content (AvgIpc) is 2.17. The van der Waals surface area contributed by atoms with Crippen molar-refractivity contribution in [1.29, 1.82) is 0 Å². The molecule has 4 nitrogen and oxygen atoms in total. The lowest BCUT2D eigenvalue weighted by molar-refractivity contribution is 0.557. The number of benzene rings is 1. The Kier molecular flexibility index (Phi) is 3.64. The van der Waals surface area contributed by atoms with Crippen molar-refractivity contribution in [3.05, 3.63) is 24.3 Å². The summed E-state index contributed by atoms with van der Waals surface area (Å²) in [5.74, 6) is 0. The molecule has 0 radical (unpaired) electrons. The Bertz CT molecular complexity index is 477. The van der Waals surface area contributed by atoms with E-state index in [0.717, 1.165) is 0 Å². The summed E-state index contributed by atoms with van der Waals surface area (Å²) in [5, 5.41) is -0.609. The van der Waals surface area contributed by atoms with Crippen LogP contribution in [0.4, 0.5) is 0 Å². The molecule has 1 unspecified atom stereocenters. The Balaban J connectivity index is 3.45. The van der Waals surface area contributed by atoms with Gasteiger partial charge in [0.25, 0.3) is 0 Å². The van der Waals surface area contributed by atoms with E-state index in [0.29, 0.717) is 0 Å². The maximum absolute atomic E-state index is 11.8. The number of hydrogen-bond acceptors (Lipinski definition) is 3. The Hall–Kier alpha value is -0.720. The monoisotopic (exact) mass is 248 g/mol. The Labute approximate surface area is 91.5 Å². The molecule has 0 saturated heterocycles. The van der Waals surface area contributed by atoms with Crippen LogP contribution in [-0.2, 0) is 20.9 Å². The number of rotatable bonds is 3. The van der Waals surface area contributed by atoms with Gasteiger partial charge < -0.3 is 4.55 Å². The molecule has 0 amide bonds. The van der Waals surface area contributed by atoms with E-state index < -0.39 is 26.2 Å². The molecule has 1 aromatic rings. The molecule has 1 aromatic carbocycles. The molecule has 0 aliphatic carbocycles. The third-order valence-corrected chi connectivity index (χ3v) is 5.04. The molecule has 0 aliphatic rings. The zero-order valence-corrected chi connectivity index (χ0v) is 10.0. The van der Waals surface area contributed by atoms with Gasteiger partial charge in [0, 0.05) is 0 Å². The lowest BCUT2D eigenvalue weighted by Gasteiger charge is -2.10. The molecular formula is C9H12O4S2. The van der Waals surface area contributed by atoms with E-state index in [9.17, 15) is 12.6 Å². The highest BCUT2D eigenvalue weighted by atomic mass is 32.2. The Morgan fingerprint density at radius 2 is 1.80 bits per heavy atom. The van der Waals surface area contributed by atoms with Crippen LogP contribution >= 0.6 is 0 Å². The van der Waals surface area contributed by atoms with Crippen LogP contribution in [0.25, 0.3) is 0 Å². The van der Waals surface area contributed by atoms with Crippen LogP contribution in [0.15, 0.2) is 34.1 Å². The van der Waals surface area contributed by atoms with Crippen LogP contribution in [0, 0.1) is 0 Å². The summed E-state index contributed by atoms with van der Waals surface area (Å²) in [6.07, 6.45) is 0. The minimum Gasteiger partial charge on any atom is -0.302 e. The SMILES string of the molecule is CC(C)S(=O)(=O)c1ccccc1S(=O)O. The van der Waals surface area contributed by atoms with E-state index >= 15 is 0 Å². The van der Waals surface area contributed by atoms with E-state index in [4.69, 9.17) is 4.55 Å². The van der Waals surface area contributed by atoms with Crippen molar-refractivity contribution < 1.29 is 17.2 Å². The second kappa shape index (κ2) is 4.42. The van der Waals surface area contributed by atoms with Crippen LogP contribution in [0.3, 0.4) is 0 Å². The quantitative estimate of drug-likeness (QED) is 0.822. The van der Waals surface area contributed by atoms with Gasteiger partial charge in [0.15, 0.2) is 20.9 Å². The van der Waals surface area contributed by atoms with Crippen molar-refractivity contribution in [3.8, 4) is 0 Å². The Morgan fingerprint density at radius 3 is 2.27 bits per heavy atom. The zero-order chi connectivity index (χ0) is 11.6. The van der Waals surface area contributed by atoms with Gasteiger partial charge in [0.1, 0.15) is 0 Å². The van der Waals surface area contributed by atoms with Crippen LogP contribution in [0.5, 0.6) is 0 Å². The first-order valence-electron chi connectivity index (χ1n) is 4.31. The summed E-state index contributed by atoms with van der Waals surface area (Å²) in [4.78, 5) is -0.132. The molecule has 6 heteroatoms. The average molecular weight is 248 g/mol. The van der Waals surface area contributed by atoms with Crippen LogP contribution in [0.2, 0.25) is 0 Å². The van der Waals surface area contributed by atoms with E-state index in [1.165, 1.54) is 38.1 Å². The molecule has 0 heterocycles. The van der Waals surface area contributed by atoms with E-state index in [-0.39, 0.29) is 9.79 Å². The lowest BCUT2D eigenvalue weighted by atomic mass is 10.4. The normalized spacial score (nSPS) is 14.1. The van der Waals surface area contributed by atoms with Crippen LogP contribution in [0.1, 0.15) is 13.8 Å². The van der Waals surface area contributed by atoms with Gasteiger partial charge in [-0.25, -0.2) is 12.6 Å². The predicted molar refractivity (Wildman–Crippen MR) is 57.8 cm³/mol. The molecule has 0 spiro atoms. The predicted octanol–water partition coefficient (Wildman–Crippen LogP) is 1.45. The van der Waals surface area contributed by atoms with Gasteiger partial charge in [-0.1, -0.05) is 12.1 Å². The summed E-state index contributed by atoms with van der Waals surface area (Å²) < 4.78 is 43.5. The van der Waals surface area contributed by atoms with E-state index in [2.05, 4.69) is 0 Å². The van der Waals surface area contributed by atoms with Gasteiger partial charge in [0.05, 0.1) is 15.0 Å². The summed E-state index contributed by atoms with van der Waals surface area (Å²) in [7, 11) is -3.51. The van der Waals surface area contributed by atoms with Crippen molar-refractivity contribution in [1.82, 2.24) is 0 Å². The molecule has 0 bridgehead atoms. The van der Waals surface area contributed by atoms with Gasteiger partial charge in [-0.3, -0.25) is 0 Å². The zero-order valence-electron chi connectivity index (χ0n) is 8.38. The van der Waals surface area contributed by atoms with Crippen molar-refractivity contribution in [3.63, 3.8) is 0 Å². The molecule has 1 rings (SSSR count). The minimum absolute atomic E-state index is 0.0637. The first-order chi connectivity index (χ1) is 6.87. The molecule has 84 valence electrons. The molecule has 0 aliphatic heterocycles. The fraction of sp³-hybridized carbons (Fsp3) is 0.333. The first-order valence-corrected chi connectivity index (χ1v) is 6.96. The van der Waals surface area contributed by atoms with Gasteiger partial charge in [0.2, 0.25) is 0 Å². The second-order valence-corrected chi connectivity index (χ2v) is 6.70. The highest BCUT2D eigenvalue weighted by molar-refractivity contribution is 7.92. The molecule has 15 heavy (non-hydrogen) atoms. The molecule has 0 aromatic heterocycles. The van der Waals surface area contributed by atoms with Gasteiger partial charge in [-0.2, -0.15) is 0 Å².